The van der Waals surface area contributed by atoms with Gasteiger partial charge in [-0.15, -0.1) is 0 Å². The predicted octanol–water partition coefficient (Wildman–Crippen LogP) is 9.34. The Labute approximate surface area is 253 Å². The Morgan fingerprint density at radius 3 is 1.81 bits per heavy atom. The fourth-order valence-electron chi connectivity index (χ4n) is 8.18. The second-order valence-electron chi connectivity index (χ2n) is 12.3. The van der Waals surface area contributed by atoms with Gasteiger partial charge in [-0.1, -0.05) is 109 Å². The number of para-hydroxylation sites is 1. The van der Waals surface area contributed by atoms with Gasteiger partial charge >= 0.3 is 0 Å². The Balaban J connectivity index is 1.12. The highest BCUT2D eigenvalue weighted by atomic mass is 15.1. The average Bonchev–Trinajstić information content (AvgIpc) is 3.52. The Morgan fingerprint density at radius 1 is 0.558 bits per heavy atom. The average molecular weight is 553 g/mol. The van der Waals surface area contributed by atoms with Crippen molar-refractivity contribution < 1.29 is 0 Å². The number of hydrogen-bond acceptors (Lipinski definition) is 2. The number of benzene rings is 6. The van der Waals surface area contributed by atoms with Crippen molar-refractivity contribution in [3.8, 4) is 22.3 Å². The van der Waals surface area contributed by atoms with Crippen molar-refractivity contribution in [2.24, 2.45) is 0 Å². The van der Waals surface area contributed by atoms with Crippen molar-refractivity contribution in [3.63, 3.8) is 0 Å². The van der Waals surface area contributed by atoms with Crippen molar-refractivity contribution in [2.45, 2.75) is 18.4 Å². The predicted molar refractivity (Wildman–Crippen MR) is 179 cm³/mol. The van der Waals surface area contributed by atoms with Crippen LogP contribution in [-0.4, -0.2) is 14.1 Å². The van der Waals surface area contributed by atoms with Crippen LogP contribution in [0.2, 0.25) is 0 Å². The summed E-state index contributed by atoms with van der Waals surface area (Å²) in [6.45, 7) is 0.847. The molecule has 0 radical (unpaired) electrons. The summed E-state index contributed by atoms with van der Waals surface area (Å²) < 4.78 is 0. The van der Waals surface area contributed by atoms with Crippen molar-refractivity contribution >= 4 is 17.1 Å². The molecule has 0 bridgehead atoms. The fourth-order valence-corrected chi connectivity index (χ4v) is 8.18. The molecular formula is C41H32N2. The lowest BCUT2D eigenvalue weighted by Crippen LogP contribution is -2.26. The molecule has 43 heavy (non-hydrogen) atoms. The van der Waals surface area contributed by atoms with Gasteiger partial charge in [0, 0.05) is 44.1 Å². The van der Waals surface area contributed by atoms with Crippen LogP contribution in [0.3, 0.4) is 0 Å². The van der Waals surface area contributed by atoms with Gasteiger partial charge < -0.3 is 9.80 Å². The van der Waals surface area contributed by atoms with Gasteiger partial charge in [-0.2, -0.15) is 0 Å². The fraction of sp³-hybridized carbons (Fsp3) is 0.122. The molecule has 0 amide bonds. The van der Waals surface area contributed by atoms with Gasteiger partial charge in [-0.25, -0.2) is 0 Å². The molecule has 0 fully saturated rings. The minimum atomic E-state index is -0.282. The second kappa shape index (κ2) is 8.96. The summed E-state index contributed by atoms with van der Waals surface area (Å²) in [5, 5.41) is 0. The van der Waals surface area contributed by atoms with Crippen molar-refractivity contribution in [1.82, 2.24) is 0 Å². The normalized spacial score (nSPS) is 14.4. The van der Waals surface area contributed by atoms with Gasteiger partial charge in [0.25, 0.3) is 0 Å². The zero-order chi connectivity index (χ0) is 28.7. The van der Waals surface area contributed by atoms with Crippen LogP contribution in [-0.2, 0) is 18.4 Å². The SMILES string of the molecule is CN(Cc1ccc2c(c1)N(C)c1ccccc1C2)c1ccc2c(c1)-c1ccccc1C21c2ccccc2-c2ccccc21. The molecule has 6 aromatic carbocycles. The van der Waals surface area contributed by atoms with Crippen LogP contribution in [0.4, 0.5) is 17.1 Å². The molecule has 3 aliphatic rings. The Bertz CT molecular complexity index is 2040. The first-order chi connectivity index (χ1) is 21.1. The summed E-state index contributed by atoms with van der Waals surface area (Å²) in [5.74, 6) is 0. The minimum absolute atomic E-state index is 0.282. The monoisotopic (exact) mass is 552 g/mol. The van der Waals surface area contributed by atoms with Gasteiger partial charge in [0.05, 0.1) is 5.41 Å². The van der Waals surface area contributed by atoms with Gasteiger partial charge in [0.1, 0.15) is 0 Å². The molecule has 206 valence electrons. The van der Waals surface area contributed by atoms with E-state index in [1.165, 1.54) is 78.3 Å². The molecule has 1 aliphatic heterocycles. The summed E-state index contributed by atoms with van der Waals surface area (Å²) in [6, 6.07) is 50.0. The number of hydrogen-bond donors (Lipinski definition) is 0. The van der Waals surface area contributed by atoms with Crippen molar-refractivity contribution in [3.05, 3.63) is 172 Å². The summed E-state index contributed by atoms with van der Waals surface area (Å²) in [6.07, 6.45) is 0.990. The topological polar surface area (TPSA) is 6.48 Å². The summed E-state index contributed by atoms with van der Waals surface area (Å²) in [7, 11) is 4.41. The maximum absolute atomic E-state index is 2.42. The molecule has 6 aromatic rings. The van der Waals surface area contributed by atoms with E-state index in [0.717, 1.165) is 13.0 Å². The quantitative estimate of drug-likeness (QED) is 0.215. The zero-order valence-corrected chi connectivity index (χ0v) is 24.5. The van der Waals surface area contributed by atoms with Crippen molar-refractivity contribution in [2.75, 3.05) is 23.9 Å². The highest BCUT2D eigenvalue weighted by Crippen LogP contribution is 2.62. The molecule has 0 saturated carbocycles. The van der Waals surface area contributed by atoms with E-state index in [1.807, 2.05) is 0 Å². The summed E-state index contributed by atoms with van der Waals surface area (Å²) in [5.41, 5.74) is 18.6. The molecule has 0 N–H and O–H groups in total. The number of nitrogens with zero attached hydrogens (tertiary/aromatic N) is 2. The molecule has 0 atom stereocenters. The van der Waals surface area contributed by atoms with Crippen LogP contribution in [0.5, 0.6) is 0 Å². The third kappa shape index (κ3) is 3.29. The third-order valence-electron chi connectivity index (χ3n) is 10.1. The standard InChI is InChI=1S/C41H32N2/c1-42(26-27-19-20-29-24-28-11-3-10-18-39(28)43(2)40(29)23-27)30-21-22-38-34(25-30)33-14-6-9-17-37(33)41(38)35-15-7-4-12-31(35)32-13-5-8-16-36(32)41/h3-23,25H,24,26H2,1-2H3. The number of anilines is 3. The first-order valence-electron chi connectivity index (χ1n) is 15.2. The van der Waals surface area contributed by atoms with Crippen LogP contribution < -0.4 is 9.80 Å². The van der Waals surface area contributed by atoms with Crippen LogP contribution in [0.1, 0.15) is 38.9 Å². The molecule has 2 nitrogen and oxygen atoms in total. The molecule has 1 heterocycles. The van der Waals surface area contributed by atoms with Gasteiger partial charge in [-0.3, -0.25) is 0 Å². The Kier molecular flexibility index (Phi) is 5.11. The minimum Gasteiger partial charge on any atom is -0.370 e. The molecule has 0 saturated heterocycles. The Hall–Kier alpha value is -5.08. The first kappa shape index (κ1) is 24.5. The smallest absolute Gasteiger partial charge is 0.0725 e. The maximum Gasteiger partial charge on any atom is 0.0725 e. The van der Waals surface area contributed by atoms with Crippen LogP contribution in [0, 0.1) is 0 Å². The molecular weight excluding hydrogens is 520 g/mol. The molecule has 0 aromatic heterocycles. The van der Waals surface area contributed by atoms with E-state index in [9.17, 15) is 0 Å². The van der Waals surface area contributed by atoms with E-state index in [-0.39, 0.29) is 5.41 Å². The zero-order valence-electron chi connectivity index (χ0n) is 24.5. The molecule has 2 heteroatoms. The van der Waals surface area contributed by atoms with E-state index in [1.54, 1.807) is 0 Å². The van der Waals surface area contributed by atoms with Gasteiger partial charge in [-0.05, 0) is 85.5 Å². The molecule has 2 aliphatic carbocycles. The van der Waals surface area contributed by atoms with Crippen LogP contribution in [0.25, 0.3) is 22.3 Å². The van der Waals surface area contributed by atoms with E-state index >= 15 is 0 Å². The van der Waals surface area contributed by atoms with E-state index < -0.39 is 0 Å². The van der Waals surface area contributed by atoms with E-state index in [4.69, 9.17) is 0 Å². The molecule has 1 spiro atoms. The van der Waals surface area contributed by atoms with Gasteiger partial charge in [0.2, 0.25) is 0 Å². The molecule has 0 unspecified atom stereocenters. The largest absolute Gasteiger partial charge is 0.370 e. The van der Waals surface area contributed by atoms with Gasteiger partial charge in [0.15, 0.2) is 0 Å². The van der Waals surface area contributed by atoms with E-state index in [0.29, 0.717) is 0 Å². The lowest BCUT2D eigenvalue weighted by atomic mass is 9.70. The second-order valence-corrected chi connectivity index (χ2v) is 12.3. The van der Waals surface area contributed by atoms with Crippen LogP contribution >= 0.6 is 0 Å². The van der Waals surface area contributed by atoms with Crippen LogP contribution in [0.15, 0.2) is 133 Å². The van der Waals surface area contributed by atoms with E-state index in [2.05, 4.69) is 157 Å². The highest BCUT2D eigenvalue weighted by molar-refractivity contribution is 5.95. The number of fused-ring (bicyclic) bond motifs is 12. The maximum atomic E-state index is 2.42. The summed E-state index contributed by atoms with van der Waals surface area (Å²) >= 11 is 0. The molecule has 9 rings (SSSR count). The third-order valence-corrected chi connectivity index (χ3v) is 10.1. The lowest BCUT2D eigenvalue weighted by Gasteiger charge is -2.31. The Morgan fingerprint density at radius 2 is 1.12 bits per heavy atom. The first-order valence-corrected chi connectivity index (χ1v) is 15.2. The lowest BCUT2D eigenvalue weighted by molar-refractivity contribution is 0.793. The number of rotatable bonds is 3. The summed E-state index contributed by atoms with van der Waals surface area (Å²) in [4.78, 5) is 4.74. The van der Waals surface area contributed by atoms with Crippen molar-refractivity contribution in [1.29, 1.82) is 0 Å². The highest BCUT2D eigenvalue weighted by Gasteiger charge is 2.51.